The SMILES string of the molecule is CNC(=O)[C@@H]1CN(C(=O)OC(C)(C)C)CCN1. The molecule has 1 heterocycles. The monoisotopic (exact) mass is 243 g/mol. The minimum absolute atomic E-state index is 0.113. The van der Waals surface area contributed by atoms with Gasteiger partial charge >= 0.3 is 6.09 Å². The first-order valence-corrected chi connectivity index (χ1v) is 5.76. The molecule has 2 amide bonds. The van der Waals surface area contributed by atoms with Crippen LogP contribution in [-0.2, 0) is 9.53 Å². The third kappa shape index (κ3) is 4.22. The van der Waals surface area contributed by atoms with Gasteiger partial charge < -0.3 is 20.3 Å². The Bertz CT molecular complexity index is 299. The number of piperazine rings is 1. The number of carbonyl (C=O) groups is 2. The van der Waals surface area contributed by atoms with Crippen molar-refractivity contribution < 1.29 is 14.3 Å². The smallest absolute Gasteiger partial charge is 0.410 e. The highest BCUT2D eigenvalue weighted by atomic mass is 16.6. The van der Waals surface area contributed by atoms with Gasteiger partial charge in [-0.1, -0.05) is 0 Å². The second-order valence-corrected chi connectivity index (χ2v) is 5.05. The van der Waals surface area contributed by atoms with E-state index in [0.717, 1.165) is 0 Å². The molecule has 1 saturated heterocycles. The highest BCUT2D eigenvalue weighted by Crippen LogP contribution is 2.11. The molecule has 6 nitrogen and oxygen atoms in total. The fourth-order valence-corrected chi connectivity index (χ4v) is 1.59. The Kier molecular flexibility index (Phi) is 4.34. The predicted octanol–water partition coefficient (Wildman–Crippen LogP) is -0.0587. The van der Waals surface area contributed by atoms with E-state index in [1.807, 2.05) is 20.8 Å². The van der Waals surface area contributed by atoms with Crippen LogP contribution in [0.3, 0.4) is 0 Å². The molecular weight excluding hydrogens is 222 g/mol. The summed E-state index contributed by atoms with van der Waals surface area (Å²) in [6.07, 6.45) is -0.368. The molecular formula is C11H21N3O3. The van der Waals surface area contributed by atoms with Crippen LogP contribution in [-0.4, -0.2) is 55.2 Å². The quantitative estimate of drug-likeness (QED) is 0.677. The van der Waals surface area contributed by atoms with Crippen molar-refractivity contribution in [3.05, 3.63) is 0 Å². The number of amides is 2. The molecule has 1 fully saturated rings. The molecule has 0 saturated carbocycles. The summed E-state index contributed by atoms with van der Waals surface area (Å²) in [4.78, 5) is 24.8. The van der Waals surface area contributed by atoms with Crippen LogP contribution in [0.4, 0.5) is 4.79 Å². The fraction of sp³-hybridized carbons (Fsp3) is 0.818. The van der Waals surface area contributed by atoms with Crippen molar-refractivity contribution >= 4 is 12.0 Å². The molecule has 98 valence electrons. The second kappa shape index (κ2) is 5.35. The summed E-state index contributed by atoms with van der Waals surface area (Å²) < 4.78 is 5.27. The molecule has 0 radical (unpaired) electrons. The minimum atomic E-state index is -0.509. The lowest BCUT2D eigenvalue weighted by molar-refractivity contribution is -0.123. The number of hydrogen-bond donors (Lipinski definition) is 2. The van der Waals surface area contributed by atoms with Crippen molar-refractivity contribution in [3.8, 4) is 0 Å². The van der Waals surface area contributed by atoms with Gasteiger partial charge in [0.15, 0.2) is 0 Å². The minimum Gasteiger partial charge on any atom is -0.444 e. The van der Waals surface area contributed by atoms with Crippen molar-refractivity contribution in [2.45, 2.75) is 32.4 Å². The zero-order chi connectivity index (χ0) is 13.1. The summed E-state index contributed by atoms with van der Waals surface area (Å²) in [5, 5.41) is 5.62. The molecule has 0 bridgehead atoms. The molecule has 1 aliphatic rings. The largest absolute Gasteiger partial charge is 0.444 e. The van der Waals surface area contributed by atoms with E-state index in [4.69, 9.17) is 4.74 Å². The van der Waals surface area contributed by atoms with Gasteiger partial charge in [0.25, 0.3) is 0 Å². The van der Waals surface area contributed by atoms with E-state index in [-0.39, 0.29) is 18.0 Å². The van der Waals surface area contributed by atoms with Crippen LogP contribution in [0, 0.1) is 0 Å². The number of nitrogens with zero attached hydrogens (tertiary/aromatic N) is 1. The lowest BCUT2D eigenvalue weighted by atomic mass is 10.2. The maximum atomic E-state index is 11.8. The standard InChI is InChI=1S/C11H21N3O3/c1-11(2,3)17-10(16)14-6-5-13-8(7-14)9(15)12-4/h8,13H,5-7H2,1-4H3,(H,12,15)/t8-/m0/s1. The Morgan fingerprint density at radius 3 is 2.59 bits per heavy atom. The molecule has 0 aromatic heterocycles. The van der Waals surface area contributed by atoms with E-state index in [0.29, 0.717) is 19.6 Å². The van der Waals surface area contributed by atoms with Gasteiger partial charge in [-0.2, -0.15) is 0 Å². The lowest BCUT2D eigenvalue weighted by Crippen LogP contribution is -2.58. The van der Waals surface area contributed by atoms with Crippen LogP contribution >= 0.6 is 0 Å². The van der Waals surface area contributed by atoms with Crippen molar-refractivity contribution in [1.29, 1.82) is 0 Å². The average molecular weight is 243 g/mol. The molecule has 17 heavy (non-hydrogen) atoms. The van der Waals surface area contributed by atoms with Crippen molar-refractivity contribution in [3.63, 3.8) is 0 Å². The van der Waals surface area contributed by atoms with E-state index < -0.39 is 5.60 Å². The molecule has 2 N–H and O–H groups in total. The molecule has 0 aromatic rings. The zero-order valence-electron chi connectivity index (χ0n) is 10.9. The Morgan fingerprint density at radius 1 is 1.41 bits per heavy atom. The highest BCUT2D eigenvalue weighted by molar-refractivity contribution is 5.82. The van der Waals surface area contributed by atoms with Gasteiger partial charge in [-0.25, -0.2) is 4.79 Å². The first-order valence-electron chi connectivity index (χ1n) is 5.76. The van der Waals surface area contributed by atoms with Gasteiger partial charge in [0.2, 0.25) is 5.91 Å². The number of likely N-dealkylation sites (N-methyl/N-ethyl adjacent to an activating group) is 1. The molecule has 0 aliphatic carbocycles. The number of rotatable bonds is 1. The van der Waals surface area contributed by atoms with E-state index >= 15 is 0 Å². The van der Waals surface area contributed by atoms with Gasteiger partial charge in [0.05, 0.1) is 0 Å². The van der Waals surface area contributed by atoms with Crippen molar-refractivity contribution in [1.82, 2.24) is 15.5 Å². The number of carbonyl (C=O) groups excluding carboxylic acids is 2. The highest BCUT2D eigenvalue weighted by Gasteiger charge is 2.30. The third-order valence-corrected chi connectivity index (χ3v) is 2.39. The maximum absolute atomic E-state index is 11.8. The summed E-state index contributed by atoms with van der Waals surface area (Å²) in [5.74, 6) is -0.113. The average Bonchev–Trinajstić information content (AvgIpc) is 2.26. The van der Waals surface area contributed by atoms with Crippen molar-refractivity contribution in [2.24, 2.45) is 0 Å². The van der Waals surface area contributed by atoms with E-state index in [9.17, 15) is 9.59 Å². The maximum Gasteiger partial charge on any atom is 0.410 e. The molecule has 0 unspecified atom stereocenters. The third-order valence-electron chi connectivity index (χ3n) is 2.39. The Morgan fingerprint density at radius 2 is 2.06 bits per heavy atom. The molecule has 6 heteroatoms. The second-order valence-electron chi connectivity index (χ2n) is 5.05. The molecule has 0 aromatic carbocycles. The van der Waals surface area contributed by atoms with Crippen LogP contribution in [0.5, 0.6) is 0 Å². The van der Waals surface area contributed by atoms with Crippen LogP contribution in [0.15, 0.2) is 0 Å². The van der Waals surface area contributed by atoms with E-state index in [1.165, 1.54) is 0 Å². The van der Waals surface area contributed by atoms with E-state index in [2.05, 4.69) is 10.6 Å². The van der Waals surface area contributed by atoms with Gasteiger partial charge in [0.1, 0.15) is 11.6 Å². The molecule has 1 rings (SSSR count). The molecule has 1 aliphatic heterocycles. The zero-order valence-corrected chi connectivity index (χ0v) is 10.9. The first-order chi connectivity index (χ1) is 7.83. The van der Waals surface area contributed by atoms with E-state index in [1.54, 1.807) is 11.9 Å². The molecule has 1 atom stereocenters. The summed E-state index contributed by atoms with van der Waals surface area (Å²) in [5.41, 5.74) is -0.509. The lowest BCUT2D eigenvalue weighted by Gasteiger charge is -2.34. The number of ether oxygens (including phenoxy) is 1. The summed E-state index contributed by atoms with van der Waals surface area (Å²) in [7, 11) is 1.58. The number of hydrogen-bond acceptors (Lipinski definition) is 4. The van der Waals surface area contributed by atoms with Crippen molar-refractivity contribution in [2.75, 3.05) is 26.7 Å². The van der Waals surface area contributed by atoms with Gasteiger partial charge in [-0.3, -0.25) is 4.79 Å². The van der Waals surface area contributed by atoms with Gasteiger partial charge in [0, 0.05) is 26.7 Å². The number of nitrogens with one attached hydrogen (secondary N) is 2. The Balaban J connectivity index is 2.55. The topological polar surface area (TPSA) is 70.7 Å². The van der Waals surface area contributed by atoms with Crippen LogP contribution in [0.2, 0.25) is 0 Å². The Labute approximate surface area is 102 Å². The van der Waals surface area contributed by atoms with Crippen LogP contribution in [0.25, 0.3) is 0 Å². The normalized spacial score (nSPS) is 20.9. The summed E-state index contributed by atoms with van der Waals surface area (Å²) in [6, 6.07) is -0.360. The Hall–Kier alpha value is -1.30. The predicted molar refractivity (Wildman–Crippen MR) is 63.7 cm³/mol. The van der Waals surface area contributed by atoms with Gasteiger partial charge in [-0.15, -0.1) is 0 Å². The fourth-order valence-electron chi connectivity index (χ4n) is 1.59. The van der Waals surface area contributed by atoms with Crippen LogP contribution < -0.4 is 10.6 Å². The summed E-state index contributed by atoms with van der Waals surface area (Å²) in [6.45, 7) is 6.96. The summed E-state index contributed by atoms with van der Waals surface area (Å²) >= 11 is 0. The first kappa shape index (κ1) is 13.8. The van der Waals surface area contributed by atoms with Crippen LogP contribution in [0.1, 0.15) is 20.8 Å². The molecule has 0 spiro atoms. The van der Waals surface area contributed by atoms with Gasteiger partial charge in [-0.05, 0) is 20.8 Å².